The van der Waals surface area contributed by atoms with Gasteiger partial charge in [-0.1, -0.05) is 45.0 Å². The summed E-state index contributed by atoms with van der Waals surface area (Å²) in [5.41, 5.74) is 5.43. The van der Waals surface area contributed by atoms with E-state index in [9.17, 15) is 0 Å². The van der Waals surface area contributed by atoms with E-state index < -0.39 is 0 Å². The summed E-state index contributed by atoms with van der Waals surface area (Å²) >= 11 is 0. The molecule has 2 aromatic rings. The molecule has 6 nitrogen and oxygen atoms in total. The molecule has 210 valence electrons. The Bertz CT molecular complexity index is 1110. The summed E-state index contributed by atoms with van der Waals surface area (Å²) in [7, 11) is 0. The van der Waals surface area contributed by atoms with Crippen LogP contribution in [0.1, 0.15) is 62.3 Å². The van der Waals surface area contributed by atoms with E-state index in [1.165, 1.54) is 28.7 Å². The van der Waals surface area contributed by atoms with Gasteiger partial charge in [0, 0.05) is 18.3 Å². The van der Waals surface area contributed by atoms with Gasteiger partial charge in [-0.2, -0.15) is 0 Å². The van der Waals surface area contributed by atoms with Crippen LogP contribution in [0.3, 0.4) is 0 Å². The number of benzene rings is 2. The van der Waals surface area contributed by atoms with E-state index in [1.807, 2.05) is 0 Å². The lowest BCUT2D eigenvalue weighted by Crippen LogP contribution is -2.41. The van der Waals surface area contributed by atoms with E-state index in [1.54, 1.807) is 0 Å². The SMILES string of the molecule is CC1CC(C)(C)CC(c2ccc(OCC3CO3)c(CC3CO3)c2)(c2ccc(OCC3CO3)c(CC3CO3)c2)C1. The van der Waals surface area contributed by atoms with E-state index in [4.69, 9.17) is 28.4 Å². The molecule has 4 aliphatic heterocycles. The van der Waals surface area contributed by atoms with Crippen molar-refractivity contribution in [3.8, 4) is 11.5 Å². The Morgan fingerprint density at radius 2 is 1.15 bits per heavy atom. The fraction of sp³-hybridized carbons (Fsp3) is 0.636. The van der Waals surface area contributed by atoms with Gasteiger partial charge in [0.25, 0.3) is 0 Å². The Labute approximate surface area is 232 Å². The highest BCUT2D eigenvalue weighted by Crippen LogP contribution is 2.54. The van der Waals surface area contributed by atoms with Crippen molar-refractivity contribution >= 4 is 0 Å². The van der Waals surface area contributed by atoms with Crippen molar-refractivity contribution in [3.05, 3.63) is 58.7 Å². The van der Waals surface area contributed by atoms with Gasteiger partial charge in [0.15, 0.2) is 0 Å². The zero-order valence-corrected chi connectivity index (χ0v) is 23.6. The van der Waals surface area contributed by atoms with E-state index in [0.717, 1.165) is 63.6 Å². The molecule has 6 heteroatoms. The van der Waals surface area contributed by atoms with Crippen molar-refractivity contribution in [3.63, 3.8) is 0 Å². The van der Waals surface area contributed by atoms with Crippen LogP contribution in [0.15, 0.2) is 36.4 Å². The maximum absolute atomic E-state index is 6.25. The van der Waals surface area contributed by atoms with Crippen LogP contribution in [0.2, 0.25) is 0 Å². The molecule has 7 rings (SSSR count). The highest BCUT2D eigenvalue weighted by molar-refractivity contribution is 5.50. The molecule has 0 spiro atoms. The zero-order valence-electron chi connectivity index (χ0n) is 23.6. The van der Waals surface area contributed by atoms with Crippen LogP contribution >= 0.6 is 0 Å². The molecular weight excluding hydrogens is 492 g/mol. The Balaban J connectivity index is 1.28. The predicted molar refractivity (Wildman–Crippen MR) is 148 cm³/mol. The van der Waals surface area contributed by atoms with Gasteiger partial charge in [-0.15, -0.1) is 0 Å². The van der Waals surface area contributed by atoms with Crippen molar-refractivity contribution in [2.24, 2.45) is 11.3 Å². The molecule has 0 aromatic heterocycles. The zero-order chi connectivity index (χ0) is 26.6. The average Bonchev–Trinajstić information content (AvgIpc) is 3.73. The summed E-state index contributed by atoms with van der Waals surface area (Å²) in [6.07, 6.45) is 6.34. The second-order valence-electron chi connectivity index (χ2n) is 13.4. The molecular formula is C33H42O6. The van der Waals surface area contributed by atoms with Gasteiger partial charge in [-0.3, -0.25) is 0 Å². The Kier molecular flexibility index (Phi) is 6.66. The summed E-state index contributed by atoms with van der Waals surface area (Å²) in [6.45, 7) is 11.8. The van der Waals surface area contributed by atoms with Crippen molar-refractivity contribution in [1.29, 1.82) is 0 Å². The second-order valence-corrected chi connectivity index (χ2v) is 13.4. The standard InChI is InChI=1S/C33H42O6/c1-21-12-32(2,3)20-33(13-21,24-4-6-30(38-18-28-16-36-28)22(8-24)10-26-14-34-26)25-5-7-31(39-19-29-17-37-29)23(9-25)11-27-15-35-27/h4-9,21,26-29H,10-20H2,1-3H3. The molecule has 4 heterocycles. The number of ether oxygens (including phenoxy) is 6. The van der Waals surface area contributed by atoms with Gasteiger partial charge in [0.05, 0.1) is 38.6 Å². The number of hydrogen-bond acceptors (Lipinski definition) is 6. The molecule has 5 atom stereocenters. The number of rotatable bonds is 12. The first-order valence-electron chi connectivity index (χ1n) is 14.8. The monoisotopic (exact) mass is 534 g/mol. The highest BCUT2D eigenvalue weighted by Gasteiger charge is 2.46. The summed E-state index contributed by atoms with van der Waals surface area (Å²) in [5.74, 6) is 2.56. The second kappa shape index (κ2) is 10.1. The minimum Gasteiger partial charge on any atom is -0.491 e. The predicted octanol–water partition coefficient (Wildman–Crippen LogP) is 5.26. The molecule has 39 heavy (non-hydrogen) atoms. The lowest BCUT2D eigenvalue weighted by atomic mass is 9.55. The number of epoxide rings is 4. The fourth-order valence-electron chi connectivity index (χ4n) is 7.09. The molecule has 5 aliphatic rings. The Hall–Kier alpha value is -2.12. The Morgan fingerprint density at radius 3 is 1.56 bits per heavy atom. The quantitative estimate of drug-likeness (QED) is 0.346. The molecule has 0 amide bonds. The molecule has 2 aromatic carbocycles. The molecule has 0 N–H and O–H groups in total. The third-order valence-corrected chi connectivity index (χ3v) is 8.96. The maximum Gasteiger partial charge on any atom is 0.122 e. The first-order chi connectivity index (χ1) is 18.9. The minimum absolute atomic E-state index is 0.0875. The van der Waals surface area contributed by atoms with E-state index >= 15 is 0 Å². The lowest BCUT2D eigenvalue weighted by molar-refractivity contribution is 0.126. The number of hydrogen-bond donors (Lipinski definition) is 0. The topological polar surface area (TPSA) is 68.6 Å². The lowest BCUT2D eigenvalue weighted by Gasteiger charge is -2.49. The fourth-order valence-corrected chi connectivity index (χ4v) is 7.09. The van der Waals surface area contributed by atoms with Gasteiger partial charge in [0.1, 0.15) is 36.9 Å². The van der Waals surface area contributed by atoms with Crippen molar-refractivity contribution in [2.45, 2.75) is 82.7 Å². The highest BCUT2D eigenvalue weighted by atomic mass is 16.6. The molecule has 5 fully saturated rings. The van der Waals surface area contributed by atoms with Crippen LogP contribution in [-0.4, -0.2) is 64.1 Å². The molecule has 0 radical (unpaired) electrons. The smallest absolute Gasteiger partial charge is 0.122 e. The van der Waals surface area contributed by atoms with Crippen LogP contribution in [0.4, 0.5) is 0 Å². The molecule has 0 bridgehead atoms. The van der Waals surface area contributed by atoms with Crippen molar-refractivity contribution < 1.29 is 28.4 Å². The van der Waals surface area contributed by atoms with Crippen molar-refractivity contribution in [1.82, 2.24) is 0 Å². The van der Waals surface area contributed by atoms with Crippen LogP contribution in [0.5, 0.6) is 11.5 Å². The average molecular weight is 535 g/mol. The van der Waals surface area contributed by atoms with Crippen LogP contribution < -0.4 is 9.47 Å². The van der Waals surface area contributed by atoms with Crippen LogP contribution in [0.25, 0.3) is 0 Å². The van der Waals surface area contributed by atoms with E-state index in [2.05, 4.69) is 57.2 Å². The normalized spacial score (nSPS) is 33.9. The minimum atomic E-state index is -0.0875. The Morgan fingerprint density at radius 1 is 0.692 bits per heavy atom. The maximum atomic E-state index is 6.25. The van der Waals surface area contributed by atoms with Crippen molar-refractivity contribution in [2.75, 3.05) is 39.6 Å². The first kappa shape index (κ1) is 25.8. The summed E-state index contributed by atoms with van der Waals surface area (Å²) in [4.78, 5) is 0. The van der Waals surface area contributed by atoms with Gasteiger partial charge >= 0.3 is 0 Å². The summed E-state index contributed by atoms with van der Waals surface area (Å²) in [6, 6.07) is 13.9. The van der Waals surface area contributed by atoms with E-state index in [0.29, 0.717) is 31.3 Å². The first-order valence-corrected chi connectivity index (χ1v) is 14.8. The van der Waals surface area contributed by atoms with Crippen LogP contribution in [0, 0.1) is 11.3 Å². The van der Waals surface area contributed by atoms with Gasteiger partial charge in [0.2, 0.25) is 0 Å². The third-order valence-electron chi connectivity index (χ3n) is 8.96. The summed E-state index contributed by atoms with van der Waals surface area (Å²) < 4.78 is 34.6. The van der Waals surface area contributed by atoms with Gasteiger partial charge in [-0.05, 0) is 65.0 Å². The van der Waals surface area contributed by atoms with E-state index in [-0.39, 0.29) is 23.0 Å². The molecule has 4 saturated heterocycles. The summed E-state index contributed by atoms with van der Waals surface area (Å²) in [5, 5.41) is 0. The van der Waals surface area contributed by atoms with Crippen LogP contribution in [-0.2, 0) is 37.2 Å². The molecule has 1 saturated carbocycles. The third kappa shape index (κ3) is 6.14. The largest absolute Gasteiger partial charge is 0.491 e. The van der Waals surface area contributed by atoms with Gasteiger partial charge in [-0.25, -0.2) is 0 Å². The van der Waals surface area contributed by atoms with Gasteiger partial charge < -0.3 is 28.4 Å². The molecule has 5 unspecified atom stereocenters. The molecule has 1 aliphatic carbocycles.